The molecule has 0 saturated carbocycles. The topological polar surface area (TPSA) is 101 Å². The number of hydrogen-bond donors (Lipinski definition) is 1. The minimum Gasteiger partial charge on any atom is -0.368 e. The van der Waals surface area contributed by atoms with Gasteiger partial charge in [-0.05, 0) is 19.1 Å². The molecular weight excluding hydrogens is 345 g/mol. The Labute approximate surface area is 141 Å². The van der Waals surface area contributed by atoms with Gasteiger partial charge in [-0.2, -0.15) is 0 Å². The number of amides is 5. The number of nitrogens with two attached hydrogens (primary N) is 1. The van der Waals surface area contributed by atoms with Gasteiger partial charge in [0.25, 0.3) is 11.8 Å². The fraction of sp³-hybridized carbons (Fsp3) is 0.286. The van der Waals surface area contributed by atoms with Crippen molar-refractivity contribution < 1.29 is 19.2 Å². The first kappa shape index (κ1) is 17.2. The fourth-order valence-corrected chi connectivity index (χ4v) is 3.10. The highest BCUT2D eigenvalue weighted by Crippen LogP contribution is 2.38. The van der Waals surface area contributed by atoms with Gasteiger partial charge in [0, 0.05) is 29.2 Å². The predicted octanol–water partition coefficient (Wildman–Crippen LogP) is 1.16. The summed E-state index contributed by atoms with van der Waals surface area (Å²) < 4.78 is 0. The van der Waals surface area contributed by atoms with Crippen molar-refractivity contribution >= 4 is 47.0 Å². The van der Waals surface area contributed by atoms with E-state index in [1.165, 1.54) is 32.2 Å². The third-order valence-corrected chi connectivity index (χ3v) is 4.28. The van der Waals surface area contributed by atoms with Crippen LogP contribution in [0.25, 0.3) is 0 Å². The predicted molar refractivity (Wildman–Crippen MR) is 82.9 cm³/mol. The van der Waals surface area contributed by atoms with Gasteiger partial charge >= 0.3 is 6.03 Å². The number of halogens is 2. The van der Waals surface area contributed by atoms with Crippen molar-refractivity contribution in [3.05, 3.63) is 33.8 Å². The van der Waals surface area contributed by atoms with E-state index in [0.29, 0.717) is 4.90 Å². The molecule has 1 aromatic rings. The van der Waals surface area contributed by atoms with E-state index in [2.05, 4.69) is 0 Å². The number of carbonyl (C=O) groups is 4. The fourth-order valence-electron chi connectivity index (χ4n) is 2.55. The molecule has 0 radical (unpaired) electrons. The maximum atomic E-state index is 12.8. The molecule has 1 unspecified atom stereocenters. The lowest BCUT2D eigenvalue weighted by Crippen LogP contribution is -2.70. The molecular formula is C14H13Cl2N3O4. The average molecular weight is 358 g/mol. The maximum absolute atomic E-state index is 12.8. The van der Waals surface area contributed by atoms with Gasteiger partial charge in [-0.3, -0.25) is 24.2 Å². The van der Waals surface area contributed by atoms with Crippen LogP contribution in [-0.2, 0) is 19.8 Å². The smallest absolute Gasteiger partial charge is 0.333 e. The summed E-state index contributed by atoms with van der Waals surface area (Å²) in [6, 6.07) is 3.12. The normalized spacial score (nSPS) is 21.8. The van der Waals surface area contributed by atoms with Crippen LogP contribution in [0.15, 0.2) is 18.2 Å². The van der Waals surface area contributed by atoms with Crippen molar-refractivity contribution in [1.82, 2.24) is 9.80 Å². The van der Waals surface area contributed by atoms with Gasteiger partial charge in [-0.15, -0.1) is 0 Å². The molecule has 23 heavy (non-hydrogen) atoms. The Bertz CT molecular complexity index is 737. The van der Waals surface area contributed by atoms with E-state index in [1.807, 2.05) is 0 Å². The standard InChI is InChI=1S/C14H13Cl2N3O4/c1-3-19-12(22)14(10(17)20,11(21)18(2)13(19)23)8-5-4-7(15)6-9(8)16/h4-6H,3H2,1-2H3,(H2,17,20). The number of carbonyl (C=O) groups excluding carboxylic acids is 4. The van der Waals surface area contributed by atoms with Crippen molar-refractivity contribution in [3.8, 4) is 0 Å². The van der Waals surface area contributed by atoms with Crippen molar-refractivity contribution in [1.29, 1.82) is 0 Å². The quantitative estimate of drug-likeness (QED) is 0.820. The van der Waals surface area contributed by atoms with Gasteiger partial charge < -0.3 is 5.73 Å². The van der Waals surface area contributed by atoms with Crippen LogP contribution in [-0.4, -0.2) is 47.1 Å². The van der Waals surface area contributed by atoms with Crippen molar-refractivity contribution in [3.63, 3.8) is 0 Å². The Hall–Kier alpha value is -2.12. The number of imide groups is 2. The highest BCUT2D eigenvalue weighted by atomic mass is 35.5. The number of nitrogens with zero attached hydrogens (tertiary/aromatic N) is 2. The van der Waals surface area contributed by atoms with Crippen LogP contribution >= 0.6 is 23.2 Å². The first-order valence-corrected chi connectivity index (χ1v) is 7.34. The Kier molecular flexibility index (Phi) is 4.37. The zero-order chi connectivity index (χ0) is 17.5. The van der Waals surface area contributed by atoms with Crippen LogP contribution in [0.1, 0.15) is 12.5 Å². The number of barbiturate groups is 1. The van der Waals surface area contributed by atoms with Crippen LogP contribution < -0.4 is 5.73 Å². The zero-order valence-electron chi connectivity index (χ0n) is 12.3. The van der Waals surface area contributed by atoms with E-state index in [4.69, 9.17) is 28.9 Å². The molecule has 7 nitrogen and oxygen atoms in total. The summed E-state index contributed by atoms with van der Waals surface area (Å²) >= 11 is 11.9. The van der Waals surface area contributed by atoms with Crippen LogP contribution in [0.3, 0.4) is 0 Å². The summed E-state index contributed by atoms with van der Waals surface area (Å²) in [5.74, 6) is -3.28. The second-order valence-corrected chi connectivity index (χ2v) is 5.78. The molecule has 2 rings (SSSR count). The molecule has 1 aliphatic rings. The number of primary amides is 1. The van der Waals surface area contributed by atoms with Gasteiger partial charge in [0.15, 0.2) is 0 Å². The van der Waals surface area contributed by atoms with Crippen molar-refractivity contribution in [2.24, 2.45) is 5.73 Å². The molecule has 1 fully saturated rings. The average Bonchev–Trinajstić information content (AvgIpc) is 2.47. The number of hydrogen-bond acceptors (Lipinski definition) is 4. The number of urea groups is 1. The Balaban J connectivity index is 2.82. The Morgan fingerprint density at radius 2 is 1.83 bits per heavy atom. The molecule has 0 aromatic heterocycles. The van der Waals surface area contributed by atoms with Crippen LogP contribution in [0, 0.1) is 0 Å². The molecule has 5 amide bonds. The molecule has 1 heterocycles. The van der Waals surface area contributed by atoms with E-state index in [1.54, 1.807) is 0 Å². The second kappa shape index (κ2) is 5.82. The van der Waals surface area contributed by atoms with Crippen LogP contribution in [0.2, 0.25) is 10.0 Å². The molecule has 122 valence electrons. The highest BCUT2D eigenvalue weighted by molar-refractivity contribution is 6.39. The minimum atomic E-state index is -2.40. The molecule has 2 N–H and O–H groups in total. The van der Waals surface area contributed by atoms with E-state index in [9.17, 15) is 19.2 Å². The summed E-state index contributed by atoms with van der Waals surface area (Å²) in [4.78, 5) is 51.2. The Morgan fingerprint density at radius 3 is 2.30 bits per heavy atom. The first-order chi connectivity index (χ1) is 10.7. The molecule has 1 atom stereocenters. The molecule has 0 bridgehead atoms. The lowest BCUT2D eigenvalue weighted by Gasteiger charge is -2.41. The van der Waals surface area contributed by atoms with E-state index in [0.717, 1.165) is 4.90 Å². The lowest BCUT2D eigenvalue weighted by atomic mass is 9.75. The van der Waals surface area contributed by atoms with Gasteiger partial charge in [0.2, 0.25) is 11.3 Å². The van der Waals surface area contributed by atoms with Crippen molar-refractivity contribution in [2.75, 3.05) is 13.6 Å². The third-order valence-electron chi connectivity index (χ3n) is 3.73. The summed E-state index contributed by atoms with van der Waals surface area (Å²) in [6.45, 7) is 1.50. The number of likely N-dealkylation sites (N-methyl/N-ethyl adjacent to an activating group) is 2. The molecule has 0 aliphatic carbocycles. The molecule has 0 spiro atoms. The molecule has 1 saturated heterocycles. The second-order valence-electron chi connectivity index (χ2n) is 4.93. The highest BCUT2D eigenvalue weighted by Gasteiger charge is 2.62. The SMILES string of the molecule is CCN1C(=O)N(C)C(=O)C(C(N)=O)(c2ccc(Cl)cc2Cl)C1=O. The van der Waals surface area contributed by atoms with E-state index in [-0.39, 0.29) is 22.2 Å². The Morgan fingerprint density at radius 1 is 1.22 bits per heavy atom. The van der Waals surface area contributed by atoms with Crippen molar-refractivity contribution in [2.45, 2.75) is 12.3 Å². The summed E-state index contributed by atoms with van der Waals surface area (Å²) in [6.07, 6.45) is 0. The van der Waals surface area contributed by atoms with E-state index >= 15 is 0 Å². The third kappa shape index (κ3) is 2.27. The summed E-state index contributed by atoms with van der Waals surface area (Å²) in [5, 5.41) is 0.183. The first-order valence-electron chi connectivity index (χ1n) is 6.59. The minimum absolute atomic E-state index is 0.0322. The maximum Gasteiger partial charge on any atom is 0.333 e. The largest absolute Gasteiger partial charge is 0.368 e. The zero-order valence-corrected chi connectivity index (χ0v) is 13.8. The molecule has 1 aliphatic heterocycles. The van der Waals surface area contributed by atoms with Gasteiger partial charge in [0.05, 0.1) is 0 Å². The molecule has 1 aromatic carbocycles. The molecule has 9 heteroatoms. The summed E-state index contributed by atoms with van der Waals surface area (Å²) in [7, 11) is 1.17. The van der Waals surface area contributed by atoms with Gasteiger partial charge in [0.1, 0.15) is 0 Å². The van der Waals surface area contributed by atoms with Gasteiger partial charge in [-0.25, -0.2) is 4.79 Å². The van der Waals surface area contributed by atoms with Crippen LogP contribution in [0.4, 0.5) is 4.79 Å². The van der Waals surface area contributed by atoms with Crippen LogP contribution in [0.5, 0.6) is 0 Å². The van der Waals surface area contributed by atoms with Gasteiger partial charge in [-0.1, -0.05) is 29.3 Å². The summed E-state index contributed by atoms with van der Waals surface area (Å²) in [5.41, 5.74) is 2.90. The number of rotatable bonds is 3. The number of benzene rings is 1. The van der Waals surface area contributed by atoms with E-state index < -0.39 is 29.2 Å². The monoisotopic (exact) mass is 357 g/mol. The lowest BCUT2D eigenvalue weighted by molar-refractivity contribution is -0.155.